The Balaban J connectivity index is 2.18. The van der Waals surface area contributed by atoms with Crippen LogP contribution in [-0.4, -0.2) is 46.9 Å². The number of anilines is 1. The average Bonchev–Trinajstić information content (AvgIpc) is 2.68. The number of hydrogen-bond acceptors (Lipinski definition) is 6. The highest BCUT2D eigenvalue weighted by Crippen LogP contribution is 2.18. The molecule has 0 aliphatic carbocycles. The Morgan fingerprint density at radius 3 is 2.76 bits per heavy atom. The van der Waals surface area contributed by atoms with Gasteiger partial charge in [-0.1, -0.05) is 0 Å². The highest BCUT2D eigenvalue weighted by atomic mass is 16.5. The molecule has 1 aliphatic heterocycles. The zero-order valence-electron chi connectivity index (χ0n) is 9.16. The van der Waals surface area contributed by atoms with E-state index in [1.165, 1.54) is 24.1 Å². The van der Waals surface area contributed by atoms with Gasteiger partial charge in [-0.2, -0.15) is 0 Å². The largest absolute Gasteiger partial charge is 0.464 e. The lowest BCUT2D eigenvalue weighted by molar-refractivity contribution is -0.117. The van der Waals surface area contributed by atoms with Gasteiger partial charge in [-0.25, -0.2) is 4.79 Å². The molecule has 1 saturated heterocycles. The smallest absolute Gasteiger partial charge is 0.358 e. The van der Waals surface area contributed by atoms with Crippen LogP contribution in [0.4, 0.5) is 5.82 Å². The number of hydrogen-bond donors (Lipinski definition) is 1. The second-order valence-electron chi connectivity index (χ2n) is 3.63. The van der Waals surface area contributed by atoms with Gasteiger partial charge in [-0.3, -0.25) is 9.69 Å². The van der Waals surface area contributed by atoms with Gasteiger partial charge in [0.25, 0.3) is 0 Å². The number of aliphatic hydroxyl groups excluding tert-OH is 1. The molecule has 1 aromatic heterocycles. The van der Waals surface area contributed by atoms with Crippen molar-refractivity contribution in [2.24, 2.45) is 0 Å². The first-order valence-electron chi connectivity index (χ1n) is 5.02. The fraction of sp³-hybridized carbons (Fsp3) is 0.400. The third-order valence-electron chi connectivity index (χ3n) is 2.43. The van der Waals surface area contributed by atoms with E-state index in [0.717, 1.165) is 0 Å². The first-order chi connectivity index (χ1) is 8.11. The standard InChI is InChI=1S/C10H11N3O4/c1-17-10(16)7-2-3-8(12-11-7)13-5-6(14)4-9(13)15/h2-3,6,14H,4-5H2,1H3. The van der Waals surface area contributed by atoms with Crippen molar-refractivity contribution in [2.75, 3.05) is 18.6 Å². The molecule has 1 aromatic rings. The van der Waals surface area contributed by atoms with Crippen molar-refractivity contribution in [2.45, 2.75) is 12.5 Å². The average molecular weight is 237 g/mol. The van der Waals surface area contributed by atoms with E-state index in [-0.39, 0.29) is 24.6 Å². The third kappa shape index (κ3) is 2.23. The van der Waals surface area contributed by atoms with Gasteiger partial charge in [0.1, 0.15) is 0 Å². The number of nitrogens with zero attached hydrogens (tertiary/aromatic N) is 3. The predicted molar refractivity (Wildman–Crippen MR) is 56.3 cm³/mol. The minimum atomic E-state index is -0.676. The van der Waals surface area contributed by atoms with Gasteiger partial charge in [-0.05, 0) is 12.1 Å². The first kappa shape index (κ1) is 11.5. The third-order valence-corrected chi connectivity index (χ3v) is 2.43. The van der Waals surface area contributed by atoms with Crippen LogP contribution in [0, 0.1) is 0 Å². The number of esters is 1. The minimum absolute atomic E-state index is 0.0726. The summed E-state index contributed by atoms with van der Waals surface area (Å²) in [6.45, 7) is 0.199. The first-order valence-corrected chi connectivity index (χ1v) is 5.02. The summed E-state index contributed by atoms with van der Waals surface area (Å²) in [5.74, 6) is -0.478. The quantitative estimate of drug-likeness (QED) is 0.688. The summed E-state index contributed by atoms with van der Waals surface area (Å²) < 4.78 is 4.48. The fourth-order valence-electron chi connectivity index (χ4n) is 1.59. The van der Waals surface area contributed by atoms with E-state index < -0.39 is 12.1 Å². The van der Waals surface area contributed by atoms with Crippen LogP contribution in [-0.2, 0) is 9.53 Å². The molecule has 1 amide bonds. The van der Waals surface area contributed by atoms with Crippen molar-refractivity contribution < 1.29 is 19.4 Å². The maximum Gasteiger partial charge on any atom is 0.358 e. The van der Waals surface area contributed by atoms with Crippen LogP contribution in [0.25, 0.3) is 0 Å². The molecule has 17 heavy (non-hydrogen) atoms. The molecule has 1 atom stereocenters. The van der Waals surface area contributed by atoms with Crippen LogP contribution in [0.2, 0.25) is 0 Å². The van der Waals surface area contributed by atoms with Gasteiger partial charge in [0.2, 0.25) is 5.91 Å². The molecule has 1 unspecified atom stereocenters. The summed E-state index contributed by atoms with van der Waals surface area (Å²) >= 11 is 0. The van der Waals surface area contributed by atoms with Crippen LogP contribution in [0.5, 0.6) is 0 Å². The van der Waals surface area contributed by atoms with E-state index in [1.54, 1.807) is 0 Å². The molecule has 7 heteroatoms. The lowest BCUT2D eigenvalue weighted by Gasteiger charge is -2.13. The molecule has 1 fully saturated rings. The highest BCUT2D eigenvalue weighted by molar-refractivity contribution is 5.95. The van der Waals surface area contributed by atoms with Gasteiger partial charge in [0.05, 0.1) is 26.2 Å². The van der Waals surface area contributed by atoms with Gasteiger partial charge in [0, 0.05) is 0 Å². The van der Waals surface area contributed by atoms with Crippen molar-refractivity contribution in [1.29, 1.82) is 0 Å². The second kappa shape index (κ2) is 4.46. The Morgan fingerprint density at radius 2 is 2.29 bits per heavy atom. The van der Waals surface area contributed by atoms with Crippen LogP contribution >= 0.6 is 0 Å². The van der Waals surface area contributed by atoms with Crippen LogP contribution in [0.3, 0.4) is 0 Å². The summed E-state index contributed by atoms with van der Waals surface area (Å²) in [5.41, 5.74) is 0.0726. The molecule has 0 bridgehead atoms. The summed E-state index contributed by atoms with van der Waals surface area (Å²) in [7, 11) is 1.25. The van der Waals surface area contributed by atoms with Gasteiger partial charge >= 0.3 is 5.97 Å². The van der Waals surface area contributed by atoms with E-state index in [4.69, 9.17) is 0 Å². The zero-order valence-corrected chi connectivity index (χ0v) is 9.16. The Bertz CT molecular complexity index is 445. The summed E-state index contributed by atoms with van der Waals surface area (Å²) in [4.78, 5) is 23.9. The molecule has 0 aromatic carbocycles. The van der Waals surface area contributed by atoms with Crippen molar-refractivity contribution in [3.63, 3.8) is 0 Å². The second-order valence-corrected chi connectivity index (χ2v) is 3.63. The normalized spacial score (nSPS) is 19.5. The molecule has 2 rings (SSSR count). The summed E-state index contributed by atoms with van der Waals surface area (Å²) in [6, 6.07) is 2.92. The number of carbonyl (C=O) groups is 2. The summed E-state index contributed by atoms with van der Waals surface area (Å²) in [6.07, 6.45) is -0.593. The molecule has 7 nitrogen and oxygen atoms in total. The Morgan fingerprint density at radius 1 is 1.53 bits per heavy atom. The van der Waals surface area contributed by atoms with Gasteiger partial charge in [0.15, 0.2) is 11.5 Å². The number of β-amino-alcohol motifs (C(OH)–C–C–N with tert-alkyl or cyclic N) is 1. The fourth-order valence-corrected chi connectivity index (χ4v) is 1.59. The predicted octanol–water partition coefficient (Wildman–Crippen LogP) is -0.639. The monoisotopic (exact) mass is 237 g/mol. The van der Waals surface area contributed by atoms with Gasteiger partial charge < -0.3 is 9.84 Å². The van der Waals surface area contributed by atoms with Crippen LogP contribution in [0.15, 0.2) is 12.1 Å². The molecule has 90 valence electrons. The van der Waals surface area contributed by atoms with Crippen molar-refractivity contribution in [3.05, 3.63) is 17.8 Å². The lowest BCUT2D eigenvalue weighted by Crippen LogP contribution is -2.26. The Labute approximate surface area is 97.0 Å². The van der Waals surface area contributed by atoms with E-state index >= 15 is 0 Å². The number of rotatable bonds is 2. The molecule has 0 radical (unpaired) electrons. The van der Waals surface area contributed by atoms with E-state index in [9.17, 15) is 14.7 Å². The maximum atomic E-state index is 11.5. The van der Waals surface area contributed by atoms with E-state index in [0.29, 0.717) is 5.82 Å². The number of methoxy groups -OCH3 is 1. The van der Waals surface area contributed by atoms with Crippen molar-refractivity contribution in [3.8, 4) is 0 Å². The van der Waals surface area contributed by atoms with E-state index in [1.807, 2.05) is 0 Å². The molecule has 0 spiro atoms. The molecule has 0 saturated carbocycles. The number of aliphatic hydroxyl groups is 1. The molecular formula is C10H11N3O4. The summed E-state index contributed by atoms with van der Waals surface area (Å²) in [5, 5.41) is 16.7. The maximum absolute atomic E-state index is 11.5. The van der Waals surface area contributed by atoms with Crippen molar-refractivity contribution in [1.82, 2.24) is 10.2 Å². The topological polar surface area (TPSA) is 92.6 Å². The highest BCUT2D eigenvalue weighted by Gasteiger charge is 2.30. The number of aromatic nitrogens is 2. The van der Waals surface area contributed by atoms with Crippen molar-refractivity contribution >= 4 is 17.7 Å². The zero-order chi connectivity index (χ0) is 12.4. The van der Waals surface area contributed by atoms with Crippen LogP contribution < -0.4 is 4.90 Å². The Kier molecular flexibility index (Phi) is 3.01. The Hall–Kier alpha value is -2.02. The molecule has 2 heterocycles. The molecular weight excluding hydrogens is 226 g/mol. The van der Waals surface area contributed by atoms with Gasteiger partial charge in [-0.15, -0.1) is 10.2 Å². The van der Waals surface area contributed by atoms with Crippen LogP contribution in [0.1, 0.15) is 16.9 Å². The minimum Gasteiger partial charge on any atom is -0.464 e. The van der Waals surface area contributed by atoms with E-state index in [2.05, 4.69) is 14.9 Å². The number of ether oxygens (including phenoxy) is 1. The number of amides is 1. The SMILES string of the molecule is COC(=O)c1ccc(N2CC(O)CC2=O)nn1. The lowest BCUT2D eigenvalue weighted by atomic mass is 10.3. The molecule has 1 N–H and O–H groups in total. The number of carbonyl (C=O) groups excluding carboxylic acids is 2. The molecule has 1 aliphatic rings.